The fraction of sp³-hybridized carbons (Fsp3) is 0.308. The van der Waals surface area contributed by atoms with Crippen molar-refractivity contribution in [2.24, 2.45) is 0 Å². The average Bonchev–Trinajstić information content (AvgIpc) is 2.95. The molecule has 2 heterocycles. The van der Waals surface area contributed by atoms with Crippen LogP contribution in [0.1, 0.15) is 26.6 Å². The van der Waals surface area contributed by atoms with Gasteiger partial charge in [0.1, 0.15) is 5.75 Å². The van der Waals surface area contributed by atoms with Crippen LogP contribution in [0.3, 0.4) is 0 Å². The van der Waals surface area contributed by atoms with Gasteiger partial charge in [-0.05, 0) is 12.1 Å². The standard InChI is InChI=1S/C13H14N4OS/c1-13(2,3)11-15-12(19-17-11)18-9-5-4-8-7-14-16-10(8)6-9/h4-7H,1-3H3,(H,14,16). The molecule has 0 aliphatic heterocycles. The van der Waals surface area contributed by atoms with Gasteiger partial charge in [0.05, 0.1) is 11.7 Å². The number of hydrogen-bond acceptors (Lipinski definition) is 5. The second-order valence-electron chi connectivity index (χ2n) is 5.36. The molecule has 2 aromatic heterocycles. The first kappa shape index (κ1) is 12.1. The Hall–Kier alpha value is -1.95. The normalized spacial score (nSPS) is 11.9. The molecule has 5 nitrogen and oxygen atoms in total. The number of ether oxygens (including phenoxy) is 1. The Morgan fingerprint density at radius 1 is 1.26 bits per heavy atom. The number of H-pyrrole nitrogens is 1. The first-order valence-electron chi connectivity index (χ1n) is 5.97. The lowest BCUT2D eigenvalue weighted by Gasteiger charge is -2.11. The zero-order valence-electron chi connectivity index (χ0n) is 11.0. The van der Waals surface area contributed by atoms with Crippen molar-refractivity contribution in [1.29, 1.82) is 0 Å². The van der Waals surface area contributed by atoms with E-state index in [9.17, 15) is 0 Å². The van der Waals surface area contributed by atoms with Crippen molar-refractivity contribution in [3.63, 3.8) is 0 Å². The number of nitrogens with one attached hydrogen (secondary N) is 1. The summed E-state index contributed by atoms with van der Waals surface area (Å²) in [5, 5.41) is 8.51. The fourth-order valence-electron chi connectivity index (χ4n) is 1.64. The molecule has 0 spiro atoms. The molecule has 0 bridgehead atoms. The van der Waals surface area contributed by atoms with Gasteiger partial charge >= 0.3 is 0 Å². The minimum atomic E-state index is -0.0640. The van der Waals surface area contributed by atoms with E-state index in [-0.39, 0.29) is 5.41 Å². The van der Waals surface area contributed by atoms with Crippen LogP contribution in [0.5, 0.6) is 10.9 Å². The van der Waals surface area contributed by atoms with Gasteiger partial charge in [0.2, 0.25) is 0 Å². The van der Waals surface area contributed by atoms with Crippen LogP contribution < -0.4 is 4.74 Å². The highest BCUT2D eigenvalue weighted by atomic mass is 32.1. The van der Waals surface area contributed by atoms with Gasteiger partial charge in [0.15, 0.2) is 5.82 Å². The topological polar surface area (TPSA) is 63.7 Å². The lowest BCUT2D eigenvalue weighted by Crippen LogP contribution is -2.12. The Morgan fingerprint density at radius 3 is 2.84 bits per heavy atom. The molecule has 3 rings (SSSR count). The molecule has 1 aromatic carbocycles. The third kappa shape index (κ3) is 2.44. The van der Waals surface area contributed by atoms with E-state index in [1.54, 1.807) is 6.20 Å². The maximum Gasteiger partial charge on any atom is 0.298 e. The highest BCUT2D eigenvalue weighted by molar-refractivity contribution is 7.07. The number of hydrogen-bond donors (Lipinski definition) is 1. The second kappa shape index (κ2) is 4.31. The monoisotopic (exact) mass is 274 g/mol. The number of aromatic nitrogens is 4. The molecular weight excluding hydrogens is 260 g/mol. The second-order valence-corrected chi connectivity index (χ2v) is 6.07. The van der Waals surface area contributed by atoms with Crippen LogP contribution in [0.15, 0.2) is 24.4 Å². The maximum atomic E-state index is 5.73. The third-order valence-electron chi connectivity index (χ3n) is 2.70. The summed E-state index contributed by atoms with van der Waals surface area (Å²) in [4.78, 5) is 4.40. The van der Waals surface area contributed by atoms with Gasteiger partial charge in [-0.2, -0.15) is 14.5 Å². The SMILES string of the molecule is CC(C)(C)c1nsc(Oc2ccc3cn[nH]c3c2)n1. The largest absolute Gasteiger partial charge is 0.430 e. The molecule has 0 atom stereocenters. The Labute approximate surface area is 114 Å². The van der Waals surface area contributed by atoms with Crippen molar-refractivity contribution in [1.82, 2.24) is 19.6 Å². The van der Waals surface area contributed by atoms with Crippen molar-refractivity contribution in [2.75, 3.05) is 0 Å². The number of benzene rings is 1. The first-order valence-corrected chi connectivity index (χ1v) is 6.75. The van der Waals surface area contributed by atoms with Gasteiger partial charge in [0.25, 0.3) is 5.19 Å². The summed E-state index contributed by atoms with van der Waals surface area (Å²) in [5.74, 6) is 1.53. The summed E-state index contributed by atoms with van der Waals surface area (Å²) >= 11 is 1.27. The van der Waals surface area contributed by atoms with Gasteiger partial charge in [-0.1, -0.05) is 20.8 Å². The van der Waals surface area contributed by atoms with E-state index in [0.717, 1.165) is 22.5 Å². The minimum Gasteiger partial charge on any atom is -0.430 e. The Kier molecular flexibility index (Phi) is 2.74. The zero-order valence-corrected chi connectivity index (χ0v) is 11.8. The van der Waals surface area contributed by atoms with Crippen LogP contribution in [0.25, 0.3) is 10.9 Å². The molecule has 3 aromatic rings. The number of fused-ring (bicyclic) bond motifs is 1. The molecule has 0 saturated carbocycles. The van der Waals surface area contributed by atoms with E-state index in [1.165, 1.54) is 11.5 Å². The highest BCUT2D eigenvalue weighted by Gasteiger charge is 2.20. The molecule has 0 aliphatic rings. The van der Waals surface area contributed by atoms with Gasteiger partial charge in [-0.3, -0.25) is 5.10 Å². The highest BCUT2D eigenvalue weighted by Crippen LogP contribution is 2.29. The van der Waals surface area contributed by atoms with Crippen LogP contribution >= 0.6 is 11.5 Å². The quantitative estimate of drug-likeness (QED) is 0.776. The molecular formula is C13H14N4OS. The van der Waals surface area contributed by atoms with Gasteiger partial charge in [-0.15, -0.1) is 0 Å². The summed E-state index contributed by atoms with van der Waals surface area (Å²) < 4.78 is 10.1. The average molecular weight is 274 g/mol. The Bertz CT molecular complexity index is 711. The molecule has 0 saturated heterocycles. The summed E-state index contributed by atoms with van der Waals surface area (Å²) in [6.45, 7) is 6.24. The lowest BCUT2D eigenvalue weighted by atomic mass is 9.96. The number of aromatic amines is 1. The summed E-state index contributed by atoms with van der Waals surface area (Å²) in [6.07, 6.45) is 1.78. The van der Waals surface area contributed by atoms with Crippen LogP contribution in [-0.4, -0.2) is 19.6 Å². The van der Waals surface area contributed by atoms with Gasteiger partial charge < -0.3 is 4.74 Å². The number of nitrogens with zero attached hydrogens (tertiary/aromatic N) is 3. The predicted octanol–water partition coefficient (Wildman–Crippen LogP) is 3.50. The first-order chi connectivity index (χ1) is 9.02. The zero-order chi connectivity index (χ0) is 13.5. The van der Waals surface area contributed by atoms with Crippen LogP contribution in [0, 0.1) is 0 Å². The van der Waals surface area contributed by atoms with Crippen molar-refractivity contribution in [3.8, 4) is 10.9 Å². The van der Waals surface area contributed by atoms with Gasteiger partial charge in [0, 0.05) is 28.4 Å². The fourth-order valence-corrected chi connectivity index (χ4v) is 2.38. The van der Waals surface area contributed by atoms with Crippen molar-refractivity contribution in [3.05, 3.63) is 30.2 Å². The molecule has 0 unspecified atom stereocenters. The molecule has 19 heavy (non-hydrogen) atoms. The molecule has 0 fully saturated rings. The van der Waals surface area contributed by atoms with Crippen LogP contribution in [0.4, 0.5) is 0 Å². The van der Waals surface area contributed by atoms with Crippen molar-refractivity contribution >= 4 is 22.4 Å². The smallest absolute Gasteiger partial charge is 0.298 e. The summed E-state index contributed by atoms with van der Waals surface area (Å²) in [7, 11) is 0. The van der Waals surface area contributed by atoms with E-state index < -0.39 is 0 Å². The molecule has 6 heteroatoms. The van der Waals surface area contributed by atoms with Gasteiger partial charge in [-0.25, -0.2) is 0 Å². The Morgan fingerprint density at radius 2 is 2.11 bits per heavy atom. The maximum absolute atomic E-state index is 5.73. The van der Waals surface area contributed by atoms with Crippen LogP contribution in [0.2, 0.25) is 0 Å². The molecule has 0 aliphatic carbocycles. The summed E-state index contributed by atoms with van der Waals surface area (Å²) in [6, 6.07) is 5.76. The molecule has 98 valence electrons. The Balaban J connectivity index is 1.86. The van der Waals surface area contributed by atoms with Crippen molar-refractivity contribution < 1.29 is 4.74 Å². The minimum absolute atomic E-state index is 0.0640. The van der Waals surface area contributed by atoms with Crippen LogP contribution in [-0.2, 0) is 5.41 Å². The third-order valence-corrected chi connectivity index (χ3v) is 3.29. The lowest BCUT2D eigenvalue weighted by molar-refractivity contribution is 0.468. The molecule has 0 radical (unpaired) electrons. The molecule has 1 N–H and O–H groups in total. The molecule has 0 amide bonds. The van der Waals surface area contributed by atoms with E-state index in [1.807, 2.05) is 18.2 Å². The van der Waals surface area contributed by atoms with Crippen molar-refractivity contribution in [2.45, 2.75) is 26.2 Å². The summed E-state index contributed by atoms with van der Waals surface area (Å²) in [5.41, 5.74) is 0.879. The number of rotatable bonds is 2. The van der Waals surface area contributed by atoms with E-state index in [2.05, 4.69) is 40.3 Å². The van der Waals surface area contributed by atoms with E-state index in [4.69, 9.17) is 4.74 Å². The van der Waals surface area contributed by atoms with E-state index >= 15 is 0 Å². The predicted molar refractivity (Wildman–Crippen MR) is 74.8 cm³/mol. The van der Waals surface area contributed by atoms with E-state index in [0.29, 0.717) is 5.19 Å².